The summed E-state index contributed by atoms with van der Waals surface area (Å²) in [6.07, 6.45) is 2.63. The molecule has 0 aliphatic rings. The van der Waals surface area contributed by atoms with Crippen LogP contribution < -0.4 is 0 Å². The molecule has 6 nitrogen and oxygen atoms in total. The van der Waals surface area contributed by atoms with Crippen LogP contribution in [-0.4, -0.2) is 57.7 Å². The van der Waals surface area contributed by atoms with Gasteiger partial charge < -0.3 is 9.80 Å². The number of hydrogen-bond acceptors (Lipinski definition) is 4. The van der Waals surface area contributed by atoms with Gasteiger partial charge in [0.15, 0.2) is 5.65 Å². The van der Waals surface area contributed by atoms with E-state index in [4.69, 9.17) is 28.2 Å². The summed E-state index contributed by atoms with van der Waals surface area (Å²) >= 11 is 12.3. The van der Waals surface area contributed by atoms with Crippen LogP contribution in [0, 0.1) is 6.92 Å². The molecular weight excluding hydrogens is 433 g/mol. The summed E-state index contributed by atoms with van der Waals surface area (Å²) in [7, 11) is 4.05. The Labute approximate surface area is 193 Å². The summed E-state index contributed by atoms with van der Waals surface area (Å²) in [5.41, 5.74) is 3.03. The first kappa shape index (κ1) is 23.5. The van der Waals surface area contributed by atoms with Gasteiger partial charge in [-0.25, -0.2) is 9.67 Å². The monoisotopic (exact) mass is 461 g/mol. The number of halogens is 2. The number of benzene rings is 1. The lowest BCUT2D eigenvalue weighted by atomic mass is 10.1. The minimum absolute atomic E-state index is 0.0472. The number of carbonyl (C=O) groups is 1. The summed E-state index contributed by atoms with van der Waals surface area (Å²) in [4.78, 5) is 22.2. The molecule has 0 radical (unpaired) electrons. The largest absolute Gasteiger partial charge is 0.334 e. The van der Waals surface area contributed by atoms with E-state index >= 15 is 0 Å². The van der Waals surface area contributed by atoms with Crippen LogP contribution in [0.2, 0.25) is 10.0 Å². The lowest BCUT2D eigenvalue weighted by Gasteiger charge is -2.24. The van der Waals surface area contributed by atoms with Gasteiger partial charge >= 0.3 is 0 Å². The number of pyridine rings is 1. The second-order valence-electron chi connectivity index (χ2n) is 8.35. The number of rotatable bonds is 8. The summed E-state index contributed by atoms with van der Waals surface area (Å²) in [5, 5.41) is 6.29. The van der Waals surface area contributed by atoms with Gasteiger partial charge in [0.1, 0.15) is 0 Å². The van der Waals surface area contributed by atoms with Crippen molar-refractivity contribution in [1.82, 2.24) is 24.6 Å². The second-order valence-corrected chi connectivity index (χ2v) is 9.16. The van der Waals surface area contributed by atoms with Crippen LogP contribution in [0.3, 0.4) is 0 Å². The highest BCUT2D eigenvalue weighted by Crippen LogP contribution is 2.25. The molecule has 0 fully saturated rings. The van der Waals surface area contributed by atoms with Gasteiger partial charge in [0.2, 0.25) is 0 Å². The average molecular weight is 462 g/mol. The van der Waals surface area contributed by atoms with Gasteiger partial charge in [-0.3, -0.25) is 4.79 Å². The topological polar surface area (TPSA) is 54.3 Å². The standard InChI is InChI=1S/C23H29Cl2N5O/c1-15(2)30-22-18(13-26-30)12-19(16(3)27-22)23(31)29(10-6-9-28(4)5)14-17-7-8-20(24)21(25)11-17/h7-8,11-13,15H,6,9-10,14H2,1-5H3. The van der Waals surface area contributed by atoms with Crippen LogP contribution in [0.25, 0.3) is 11.0 Å². The zero-order chi connectivity index (χ0) is 22.7. The average Bonchev–Trinajstić information content (AvgIpc) is 3.11. The van der Waals surface area contributed by atoms with Crippen molar-refractivity contribution in [1.29, 1.82) is 0 Å². The van der Waals surface area contributed by atoms with Crippen LogP contribution in [0.1, 0.15) is 47.9 Å². The fraction of sp³-hybridized carbons (Fsp3) is 0.435. The van der Waals surface area contributed by atoms with E-state index in [0.29, 0.717) is 34.4 Å². The van der Waals surface area contributed by atoms with Crippen molar-refractivity contribution >= 4 is 40.1 Å². The van der Waals surface area contributed by atoms with E-state index in [9.17, 15) is 4.79 Å². The highest BCUT2D eigenvalue weighted by atomic mass is 35.5. The van der Waals surface area contributed by atoms with Crippen molar-refractivity contribution in [3.05, 3.63) is 57.3 Å². The van der Waals surface area contributed by atoms with Crippen molar-refractivity contribution in [3.8, 4) is 0 Å². The van der Waals surface area contributed by atoms with Crippen molar-refractivity contribution in [2.75, 3.05) is 27.2 Å². The second kappa shape index (κ2) is 9.98. The van der Waals surface area contributed by atoms with E-state index in [-0.39, 0.29) is 11.9 Å². The molecule has 0 spiro atoms. The van der Waals surface area contributed by atoms with E-state index in [2.05, 4.69) is 23.8 Å². The summed E-state index contributed by atoms with van der Waals surface area (Å²) in [6.45, 7) is 7.97. The molecule has 0 atom stereocenters. The third kappa shape index (κ3) is 5.56. The minimum Gasteiger partial charge on any atom is -0.334 e. The zero-order valence-corrected chi connectivity index (χ0v) is 20.2. The number of amides is 1. The van der Waals surface area contributed by atoms with Crippen molar-refractivity contribution < 1.29 is 4.79 Å². The SMILES string of the molecule is Cc1nc2c(cnn2C(C)C)cc1C(=O)N(CCCN(C)C)Cc1ccc(Cl)c(Cl)c1. The molecule has 8 heteroatoms. The van der Waals surface area contributed by atoms with Crippen molar-refractivity contribution in [2.45, 2.75) is 39.8 Å². The number of hydrogen-bond donors (Lipinski definition) is 0. The van der Waals surface area contributed by atoms with E-state index in [1.54, 1.807) is 12.3 Å². The quantitative estimate of drug-likeness (QED) is 0.461. The van der Waals surface area contributed by atoms with Gasteiger partial charge in [-0.1, -0.05) is 29.3 Å². The van der Waals surface area contributed by atoms with E-state index in [1.165, 1.54) is 0 Å². The summed E-state index contributed by atoms with van der Waals surface area (Å²) in [5.74, 6) is -0.0472. The predicted octanol–water partition coefficient (Wildman–Crippen LogP) is 5.22. The lowest BCUT2D eigenvalue weighted by molar-refractivity contribution is 0.0736. The molecule has 0 unspecified atom stereocenters. The molecule has 0 N–H and O–H groups in total. The number of aryl methyl sites for hydroxylation is 1. The van der Waals surface area contributed by atoms with Gasteiger partial charge in [0, 0.05) is 24.5 Å². The number of carbonyl (C=O) groups excluding carboxylic acids is 1. The molecule has 0 saturated heterocycles. The van der Waals surface area contributed by atoms with Crippen LogP contribution in [0.5, 0.6) is 0 Å². The fourth-order valence-corrected chi connectivity index (χ4v) is 3.84. The molecule has 0 aliphatic carbocycles. The maximum Gasteiger partial charge on any atom is 0.256 e. The molecule has 166 valence electrons. The number of nitrogens with zero attached hydrogens (tertiary/aromatic N) is 5. The summed E-state index contributed by atoms with van der Waals surface area (Å²) < 4.78 is 1.88. The molecule has 0 bridgehead atoms. The van der Waals surface area contributed by atoms with Gasteiger partial charge in [0.25, 0.3) is 5.91 Å². The predicted molar refractivity (Wildman–Crippen MR) is 127 cm³/mol. The molecule has 0 saturated carbocycles. The molecule has 2 aromatic heterocycles. The first-order valence-corrected chi connectivity index (χ1v) is 11.2. The van der Waals surface area contributed by atoms with E-state index < -0.39 is 0 Å². The molecule has 0 aliphatic heterocycles. The van der Waals surface area contributed by atoms with Gasteiger partial charge in [-0.05, 0) is 71.6 Å². The highest BCUT2D eigenvalue weighted by Gasteiger charge is 2.21. The Balaban J connectivity index is 1.92. The van der Waals surface area contributed by atoms with Crippen molar-refractivity contribution in [2.24, 2.45) is 0 Å². The van der Waals surface area contributed by atoms with Gasteiger partial charge in [-0.2, -0.15) is 5.10 Å². The molecule has 3 aromatic rings. The molecule has 1 amide bonds. The van der Waals surface area contributed by atoms with Crippen LogP contribution in [0.4, 0.5) is 0 Å². The Morgan fingerprint density at radius 1 is 1.13 bits per heavy atom. The Hall–Kier alpha value is -2.15. The Morgan fingerprint density at radius 3 is 2.52 bits per heavy atom. The fourth-order valence-electron chi connectivity index (χ4n) is 3.52. The van der Waals surface area contributed by atoms with E-state index in [1.807, 2.05) is 48.8 Å². The molecule has 3 rings (SSSR count). The highest BCUT2D eigenvalue weighted by molar-refractivity contribution is 6.42. The van der Waals surface area contributed by atoms with Gasteiger partial charge in [-0.15, -0.1) is 0 Å². The Kier molecular flexibility index (Phi) is 7.57. The molecule has 1 aromatic carbocycles. The van der Waals surface area contributed by atoms with Crippen LogP contribution in [-0.2, 0) is 6.54 Å². The van der Waals surface area contributed by atoms with Crippen molar-refractivity contribution in [3.63, 3.8) is 0 Å². The van der Waals surface area contributed by atoms with E-state index in [0.717, 1.165) is 29.6 Å². The first-order valence-electron chi connectivity index (χ1n) is 10.4. The summed E-state index contributed by atoms with van der Waals surface area (Å²) in [6, 6.07) is 7.59. The smallest absolute Gasteiger partial charge is 0.256 e. The third-order valence-corrected chi connectivity index (χ3v) is 5.90. The molecule has 2 heterocycles. The minimum atomic E-state index is -0.0472. The number of aromatic nitrogens is 3. The van der Waals surface area contributed by atoms with Crippen LogP contribution in [0.15, 0.2) is 30.5 Å². The first-order chi connectivity index (χ1) is 14.7. The maximum atomic E-state index is 13.6. The molecule has 31 heavy (non-hydrogen) atoms. The Morgan fingerprint density at radius 2 is 1.87 bits per heavy atom. The maximum absolute atomic E-state index is 13.6. The molecular formula is C23H29Cl2N5O. The number of fused-ring (bicyclic) bond motifs is 1. The zero-order valence-electron chi connectivity index (χ0n) is 18.7. The lowest BCUT2D eigenvalue weighted by Crippen LogP contribution is -2.33. The van der Waals surface area contributed by atoms with Gasteiger partial charge in [0.05, 0.1) is 27.5 Å². The normalized spacial score (nSPS) is 11.6. The Bertz CT molecular complexity index is 1080. The third-order valence-electron chi connectivity index (χ3n) is 5.16. The van der Waals surface area contributed by atoms with Crippen LogP contribution >= 0.6 is 23.2 Å².